The number of anilines is 1. The number of carbonyl (C=O) groups excluding carboxylic acids is 1. The van der Waals surface area contributed by atoms with Gasteiger partial charge in [0.15, 0.2) is 6.61 Å². The average molecular weight is 222 g/mol. The van der Waals surface area contributed by atoms with Crippen molar-refractivity contribution in [1.82, 2.24) is 0 Å². The summed E-state index contributed by atoms with van der Waals surface area (Å²) in [7, 11) is 3.25. The first-order valence-corrected chi connectivity index (χ1v) is 4.95. The van der Waals surface area contributed by atoms with Gasteiger partial charge in [0.25, 0.3) is 5.91 Å². The van der Waals surface area contributed by atoms with Gasteiger partial charge in [0, 0.05) is 14.2 Å². The zero-order valence-corrected chi connectivity index (χ0v) is 9.27. The molecule has 0 aliphatic carbocycles. The molecule has 1 aromatic rings. The summed E-state index contributed by atoms with van der Waals surface area (Å²) >= 11 is 0. The van der Waals surface area contributed by atoms with Gasteiger partial charge in [-0.25, -0.2) is 0 Å². The molecule has 0 spiro atoms. The molecule has 1 aromatic carbocycles. The second-order valence-corrected chi connectivity index (χ2v) is 3.62. The summed E-state index contributed by atoms with van der Waals surface area (Å²) in [4.78, 5) is 13.0. The molecule has 1 atom stereocenters. The lowest BCUT2D eigenvalue weighted by Crippen LogP contribution is -2.35. The fraction of sp³-hybridized carbons (Fsp3) is 0.364. The van der Waals surface area contributed by atoms with Gasteiger partial charge in [0.1, 0.15) is 12.0 Å². The van der Waals surface area contributed by atoms with Crippen molar-refractivity contribution in [2.24, 2.45) is 5.73 Å². The predicted octanol–water partition coefficient (Wildman–Crippen LogP) is 0.646. The quantitative estimate of drug-likeness (QED) is 0.746. The van der Waals surface area contributed by atoms with Gasteiger partial charge in [-0.15, -0.1) is 0 Å². The Morgan fingerprint density at radius 1 is 1.56 bits per heavy atom. The van der Waals surface area contributed by atoms with Crippen LogP contribution >= 0.6 is 0 Å². The summed E-state index contributed by atoms with van der Waals surface area (Å²) in [5, 5.41) is 0. The van der Waals surface area contributed by atoms with Crippen molar-refractivity contribution in [3.63, 3.8) is 0 Å². The molecule has 0 aromatic heterocycles. The third-order valence-corrected chi connectivity index (χ3v) is 2.65. The third kappa shape index (κ3) is 1.75. The third-order valence-electron chi connectivity index (χ3n) is 2.65. The molecule has 5 heteroatoms. The smallest absolute Gasteiger partial charge is 0.264 e. The summed E-state index contributed by atoms with van der Waals surface area (Å²) < 4.78 is 10.3. The van der Waals surface area contributed by atoms with Gasteiger partial charge in [-0.2, -0.15) is 0 Å². The molecule has 0 fully saturated rings. The molecule has 1 aliphatic heterocycles. The Morgan fingerprint density at radius 3 is 3.00 bits per heavy atom. The predicted molar refractivity (Wildman–Crippen MR) is 59.3 cm³/mol. The number of amides is 1. The second-order valence-electron chi connectivity index (χ2n) is 3.62. The van der Waals surface area contributed by atoms with Crippen LogP contribution < -0.4 is 15.4 Å². The van der Waals surface area contributed by atoms with Crippen LogP contribution in [0.3, 0.4) is 0 Å². The van der Waals surface area contributed by atoms with Gasteiger partial charge in [0.05, 0.1) is 5.69 Å². The standard InChI is InChI=1S/C11H14N2O3/c1-13-8-5-7(11(12)15-2)3-4-9(8)16-6-10(13)14/h3-5,11H,6,12H2,1-2H3. The van der Waals surface area contributed by atoms with Crippen LogP contribution in [0.1, 0.15) is 11.8 Å². The molecule has 2 N–H and O–H groups in total. The van der Waals surface area contributed by atoms with E-state index in [1.54, 1.807) is 24.1 Å². The molecular weight excluding hydrogens is 208 g/mol. The van der Waals surface area contributed by atoms with Crippen molar-refractivity contribution in [3.8, 4) is 5.75 Å². The molecule has 1 amide bonds. The number of hydrogen-bond acceptors (Lipinski definition) is 4. The summed E-state index contributed by atoms with van der Waals surface area (Å²) in [6, 6.07) is 5.43. The highest BCUT2D eigenvalue weighted by molar-refractivity contribution is 5.97. The van der Waals surface area contributed by atoms with E-state index in [9.17, 15) is 4.79 Å². The van der Waals surface area contributed by atoms with E-state index in [0.29, 0.717) is 5.75 Å². The van der Waals surface area contributed by atoms with Crippen molar-refractivity contribution < 1.29 is 14.3 Å². The number of hydrogen-bond donors (Lipinski definition) is 1. The zero-order chi connectivity index (χ0) is 11.7. The van der Waals surface area contributed by atoms with Crippen molar-refractivity contribution in [1.29, 1.82) is 0 Å². The van der Waals surface area contributed by atoms with Crippen LogP contribution in [0.4, 0.5) is 5.69 Å². The van der Waals surface area contributed by atoms with Gasteiger partial charge in [0.2, 0.25) is 0 Å². The summed E-state index contributed by atoms with van der Waals surface area (Å²) in [6.07, 6.45) is -0.490. The Labute approximate surface area is 93.7 Å². The maximum absolute atomic E-state index is 11.4. The minimum Gasteiger partial charge on any atom is -0.482 e. The number of nitrogens with two attached hydrogens (primary N) is 1. The van der Waals surface area contributed by atoms with E-state index >= 15 is 0 Å². The lowest BCUT2D eigenvalue weighted by molar-refractivity contribution is -0.120. The van der Waals surface area contributed by atoms with Gasteiger partial charge in [-0.1, -0.05) is 6.07 Å². The van der Waals surface area contributed by atoms with Gasteiger partial charge < -0.3 is 20.1 Å². The first-order chi connectivity index (χ1) is 7.63. The van der Waals surface area contributed by atoms with E-state index in [-0.39, 0.29) is 12.5 Å². The highest BCUT2D eigenvalue weighted by Gasteiger charge is 2.22. The number of carbonyl (C=O) groups is 1. The number of rotatable bonds is 2. The van der Waals surface area contributed by atoms with Crippen molar-refractivity contribution >= 4 is 11.6 Å². The fourth-order valence-electron chi connectivity index (χ4n) is 1.60. The SMILES string of the molecule is COC(N)c1ccc2c(c1)N(C)C(=O)CO2. The van der Waals surface area contributed by atoms with E-state index in [4.69, 9.17) is 15.2 Å². The maximum Gasteiger partial charge on any atom is 0.264 e. The van der Waals surface area contributed by atoms with Crippen molar-refractivity contribution in [2.45, 2.75) is 6.23 Å². The van der Waals surface area contributed by atoms with Crippen LogP contribution in [0.15, 0.2) is 18.2 Å². The highest BCUT2D eigenvalue weighted by Crippen LogP contribution is 2.33. The normalized spacial score (nSPS) is 16.7. The maximum atomic E-state index is 11.4. The second kappa shape index (κ2) is 4.11. The molecule has 2 rings (SSSR count). The lowest BCUT2D eigenvalue weighted by Gasteiger charge is -2.26. The van der Waals surface area contributed by atoms with Crippen LogP contribution in [-0.4, -0.2) is 26.7 Å². The Kier molecular flexibility index (Phi) is 2.80. The first kappa shape index (κ1) is 10.9. The summed E-state index contributed by atoms with van der Waals surface area (Å²) in [6.45, 7) is 0.0825. The van der Waals surface area contributed by atoms with Gasteiger partial charge in [-0.05, 0) is 17.7 Å². The summed E-state index contributed by atoms with van der Waals surface area (Å²) in [5.41, 5.74) is 7.28. The van der Waals surface area contributed by atoms with Gasteiger partial charge >= 0.3 is 0 Å². The highest BCUT2D eigenvalue weighted by atomic mass is 16.5. The molecule has 1 aliphatic rings. The minimum absolute atomic E-state index is 0.0735. The number of fused-ring (bicyclic) bond motifs is 1. The van der Waals surface area contributed by atoms with Crippen LogP contribution in [0.25, 0.3) is 0 Å². The zero-order valence-electron chi connectivity index (χ0n) is 9.27. The van der Waals surface area contributed by atoms with E-state index in [1.165, 1.54) is 7.11 Å². The van der Waals surface area contributed by atoms with E-state index in [2.05, 4.69) is 0 Å². The molecule has 0 radical (unpaired) electrons. The number of ether oxygens (including phenoxy) is 2. The fourth-order valence-corrected chi connectivity index (χ4v) is 1.60. The van der Waals surface area contributed by atoms with Gasteiger partial charge in [-0.3, -0.25) is 4.79 Å². The minimum atomic E-state index is -0.490. The summed E-state index contributed by atoms with van der Waals surface area (Å²) in [5.74, 6) is 0.616. The van der Waals surface area contributed by atoms with Crippen LogP contribution in [-0.2, 0) is 9.53 Å². The van der Waals surface area contributed by atoms with E-state index in [1.807, 2.05) is 6.07 Å². The molecule has 0 saturated carbocycles. The molecule has 0 bridgehead atoms. The average Bonchev–Trinajstić information content (AvgIpc) is 2.32. The molecular formula is C11H14N2O3. The topological polar surface area (TPSA) is 64.8 Å². The number of nitrogens with zero attached hydrogens (tertiary/aromatic N) is 1. The van der Waals surface area contributed by atoms with Crippen LogP contribution in [0.5, 0.6) is 5.75 Å². The number of likely N-dealkylation sites (N-methyl/N-ethyl adjacent to an activating group) is 1. The Bertz CT molecular complexity index is 420. The van der Waals surface area contributed by atoms with E-state index < -0.39 is 6.23 Å². The lowest BCUT2D eigenvalue weighted by atomic mass is 10.1. The van der Waals surface area contributed by atoms with Crippen LogP contribution in [0.2, 0.25) is 0 Å². The van der Waals surface area contributed by atoms with E-state index in [0.717, 1.165) is 11.3 Å². The Morgan fingerprint density at radius 2 is 2.31 bits per heavy atom. The molecule has 5 nitrogen and oxygen atoms in total. The Balaban J connectivity index is 2.40. The largest absolute Gasteiger partial charge is 0.482 e. The molecule has 86 valence electrons. The van der Waals surface area contributed by atoms with Crippen molar-refractivity contribution in [2.75, 3.05) is 25.7 Å². The molecule has 1 heterocycles. The number of methoxy groups -OCH3 is 1. The van der Waals surface area contributed by atoms with Crippen LogP contribution in [0, 0.1) is 0 Å². The Hall–Kier alpha value is -1.59. The molecule has 0 saturated heterocycles. The number of benzene rings is 1. The monoisotopic (exact) mass is 222 g/mol. The molecule has 16 heavy (non-hydrogen) atoms. The first-order valence-electron chi connectivity index (χ1n) is 4.95. The van der Waals surface area contributed by atoms with Crippen molar-refractivity contribution in [3.05, 3.63) is 23.8 Å². The molecule has 1 unspecified atom stereocenters.